The van der Waals surface area contributed by atoms with Crippen molar-refractivity contribution in [3.63, 3.8) is 0 Å². The molecule has 3 rings (SSSR count). The Hall–Kier alpha value is -2.24. The number of carbonyl (C=O) groups excluding carboxylic acids is 1. The van der Waals surface area contributed by atoms with Gasteiger partial charge in [-0.3, -0.25) is 4.79 Å². The topological polar surface area (TPSA) is 110 Å². The predicted molar refractivity (Wildman–Crippen MR) is 106 cm³/mol. The van der Waals surface area contributed by atoms with Crippen LogP contribution in [0.25, 0.3) is 11.4 Å². The molecular weight excluding hydrogens is 384 g/mol. The molecule has 7 nitrogen and oxygen atoms in total. The molecular formula is C18H21ClN6OS. The smallest absolute Gasteiger partial charge is 0.234 e. The molecule has 1 fully saturated rings. The molecule has 9 heteroatoms. The lowest BCUT2D eigenvalue weighted by molar-refractivity contribution is -0.121. The fourth-order valence-corrected chi connectivity index (χ4v) is 4.02. The summed E-state index contributed by atoms with van der Waals surface area (Å²) in [4.78, 5) is 12.6. The second kappa shape index (κ2) is 8.19. The summed E-state index contributed by atoms with van der Waals surface area (Å²) in [6.45, 7) is 1.77. The van der Waals surface area contributed by atoms with E-state index in [9.17, 15) is 10.1 Å². The van der Waals surface area contributed by atoms with E-state index in [1.165, 1.54) is 16.4 Å². The van der Waals surface area contributed by atoms with E-state index in [0.29, 0.717) is 28.8 Å². The average Bonchev–Trinajstić information content (AvgIpc) is 3.03. The van der Waals surface area contributed by atoms with Crippen LogP contribution in [-0.2, 0) is 4.79 Å². The maximum Gasteiger partial charge on any atom is 0.234 e. The molecule has 0 aliphatic heterocycles. The Balaban J connectivity index is 1.69. The van der Waals surface area contributed by atoms with Gasteiger partial charge in [-0.05, 0) is 44.0 Å². The van der Waals surface area contributed by atoms with Gasteiger partial charge in [0, 0.05) is 10.6 Å². The Morgan fingerprint density at radius 1 is 1.33 bits per heavy atom. The number of aromatic nitrogens is 3. The third kappa shape index (κ3) is 4.37. The van der Waals surface area contributed by atoms with Crippen LogP contribution in [-0.4, -0.2) is 31.6 Å². The van der Waals surface area contributed by atoms with Crippen LogP contribution < -0.4 is 11.2 Å². The molecule has 3 N–H and O–H groups in total. The van der Waals surface area contributed by atoms with Crippen LogP contribution in [0.3, 0.4) is 0 Å². The summed E-state index contributed by atoms with van der Waals surface area (Å²) in [6.07, 6.45) is 4.40. The molecule has 0 bridgehead atoms. The summed E-state index contributed by atoms with van der Waals surface area (Å²) in [6, 6.07) is 9.41. The summed E-state index contributed by atoms with van der Waals surface area (Å²) in [5, 5.41) is 21.3. The van der Waals surface area contributed by atoms with E-state index in [1.54, 1.807) is 31.2 Å². The van der Waals surface area contributed by atoms with Crippen molar-refractivity contribution in [1.29, 1.82) is 5.26 Å². The van der Waals surface area contributed by atoms with Crippen LogP contribution in [0.15, 0.2) is 29.4 Å². The van der Waals surface area contributed by atoms with Gasteiger partial charge in [0.2, 0.25) is 11.1 Å². The minimum Gasteiger partial charge on any atom is -0.337 e. The fourth-order valence-electron chi connectivity index (χ4n) is 3.12. The van der Waals surface area contributed by atoms with Crippen molar-refractivity contribution in [2.45, 2.75) is 55.0 Å². The van der Waals surface area contributed by atoms with Gasteiger partial charge in [0.05, 0.1) is 11.3 Å². The van der Waals surface area contributed by atoms with E-state index < -0.39 is 10.8 Å². The molecule has 2 aromatic rings. The summed E-state index contributed by atoms with van der Waals surface area (Å²) < 4.78 is 1.36. The van der Waals surface area contributed by atoms with Crippen LogP contribution in [0, 0.1) is 11.3 Å². The molecule has 1 aromatic heterocycles. The predicted octanol–water partition coefficient (Wildman–Crippen LogP) is 3.14. The Bertz CT molecular complexity index is 854. The standard InChI is InChI=1S/C18H21ClN6OS/c1-12(16(26)22-18(11-20)9-3-2-4-10-18)27-17-24-23-15(25(17)21)13-5-7-14(19)8-6-13/h5-8,12H,2-4,9-10,21H2,1H3,(H,22,26). The van der Waals surface area contributed by atoms with Crippen molar-refractivity contribution in [2.24, 2.45) is 0 Å². The maximum absolute atomic E-state index is 12.6. The lowest BCUT2D eigenvalue weighted by atomic mass is 9.83. The van der Waals surface area contributed by atoms with Crippen molar-refractivity contribution in [2.75, 3.05) is 5.84 Å². The first-order valence-electron chi connectivity index (χ1n) is 8.80. The van der Waals surface area contributed by atoms with Crippen LogP contribution in [0.2, 0.25) is 5.02 Å². The number of nitriles is 1. The summed E-state index contributed by atoms with van der Waals surface area (Å²) in [5.74, 6) is 6.41. The second-order valence-corrected chi connectivity index (χ2v) is 8.43. The van der Waals surface area contributed by atoms with Gasteiger partial charge in [0.15, 0.2) is 5.82 Å². The first-order chi connectivity index (χ1) is 12.9. The molecule has 142 valence electrons. The molecule has 1 aliphatic carbocycles. The van der Waals surface area contributed by atoms with E-state index in [1.807, 2.05) is 0 Å². The lowest BCUT2D eigenvalue weighted by Gasteiger charge is -2.32. The fraction of sp³-hybridized carbons (Fsp3) is 0.444. The van der Waals surface area contributed by atoms with Crippen LogP contribution in [0.5, 0.6) is 0 Å². The van der Waals surface area contributed by atoms with E-state index in [4.69, 9.17) is 17.4 Å². The second-order valence-electron chi connectivity index (χ2n) is 6.69. The molecule has 0 radical (unpaired) electrons. The number of amides is 1. The molecule has 1 aromatic carbocycles. The van der Waals surface area contributed by atoms with Gasteiger partial charge in [-0.2, -0.15) is 5.26 Å². The van der Waals surface area contributed by atoms with Gasteiger partial charge in [0.25, 0.3) is 0 Å². The van der Waals surface area contributed by atoms with E-state index in [0.717, 1.165) is 24.8 Å². The van der Waals surface area contributed by atoms with Crippen LogP contribution >= 0.6 is 23.4 Å². The van der Waals surface area contributed by atoms with Gasteiger partial charge in [-0.15, -0.1) is 10.2 Å². The molecule has 0 spiro atoms. The number of nitrogens with zero attached hydrogens (tertiary/aromatic N) is 4. The summed E-state index contributed by atoms with van der Waals surface area (Å²) >= 11 is 7.12. The number of carbonyl (C=O) groups is 1. The number of benzene rings is 1. The number of rotatable bonds is 5. The van der Waals surface area contributed by atoms with E-state index in [-0.39, 0.29) is 5.91 Å². The van der Waals surface area contributed by atoms with Gasteiger partial charge in [-0.1, -0.05) is 42.6 Å². The molecule has 1 aliphatic rings. The highest BCUT2D eigenvalue weighted by Gasteiger charge is 2.35. The maximum atomic E-state index is 12.6. The zero-order chi connectivity index (χ0) is 19.4. The zero-order valence-corrected chi connectivity index (χ0v) is 16.6. The van der Waals surface area contributed by atoms with Crippen molar-refractivity contribution in [1.82, 2.24) is 20.2 Å². The highest BCUT2D eigenvalue weighted by molar-refractivity contribution is 8.00. The number of hydrogen-bond donors (Lipinski definition) is 2. The average molecular weight is 405 g/mol. The number of nitrogens with one attached hydrogen (secondary N) is 1. The van der Waals surface area contributed by atoms with Crippen LogP contribution in [0.1, 0.15) is 39.0 Å². The van der Waals surface area contributed by atoms with Crippen molar-refractivity contribution in [3.8, 4) is 17.5 Å². The number of thioether (sulfide) groups is 1. The first kappa shape index (κ1) is 19.5. The van der Waals surface area contributed by atoms with Crippen molar-refractivity contribution >= 4 is 29.3 Å². The van der Waals surface area contributed by atoms with Gasteiger partial charge >= 0.3 is 0 Å². The SMILES string of the molecule is CC(Sc1nnc(-c2ccc(Cl)cc2)n1N)C(=O)NC1(C#N)CCCCC1. The molecule has 0 saturated heterocycles. The number of hydrogen-bond acceptors (Lipinski definition) is 6. The zero-order valence-electron chi connectivity index (χ0n) is 15.0. The highest BCUT2D eigenvalue weighted by Crippen LogP contribution is 2.29. The normalized spacial score (nSPS) is 17.1. The lowest BCUT2D eigenvalue weighted by Crippen LogP contribution is -2.51. The Labute approximate surface area is 167 Å². The molecule has 1 amide bonds. The minimum atomic E-state index is -0.755. The van der Waals surface area contributed by atoms with Crippen LogP contribution in [0.4, 0.5) is 0 Å². The summed E-state index contributed by atoms with van der Waals surface area (Å²) in [7, 11) is 0. The Kier molecular flexibility index (Phi) is 5.92. The number of nitrogen functional groups attached to an aromatic ring is 1. The van der Waals surface area contributed by atoms with Gasteiger partial charge in [0.1, 0.15) is 5.54 Å². The van der Waals surface area contributed by atoms with Gasteiger partial charge < -0.3 is 11.2 Å². The molecule has 27 heavy (non-hydrogen) atoms. The first-order valence-corrected chi connectivity index (χ1v) is 10.1. The summed E-state index contributed by atoms with van der Waals surface area (Å²) in [5.41, 5.74) is 0.0265. The number of halogens is 1. The molecule has 1 unspecified atom stereocenters. The largest absolute Gasteiger partial charge is 0.337 e. The van der Waals surface area contributed by atoms with Crippen molar-refractivity contribution in [3.05, 3.63) is 29.3 Å². The quantitative estimate of drug-likeness (QED) is 0.585. The monoisotopic (exact) mass is 404 g/mol. The third-order valence-corrected chi connectivity index (χ3v) is 6.01. The van der Waals surface area contributed by atoms with Gasteiger partial charge in [-0.25, -0.2) is 4.68 Å². The number of nitrogens with two attached hydrogens (primary N) is 1. The van der Waals surface area contributed by atoms with Crippen molar-refractivity contribution < 1.29 is 4.79 Å². The van der Waals surface area contributed by atoms with E-state index in [2.05, 4.69) is 21.6 Å². The molecule has 1 saturated carbocycles. The molecule has 1 atom stereocenters. The Morgan fingerprint density at radius 3 is 2.63 bits per heavy atom. The minimum absolute atomic E-state index is 0.195. The van der Waals surface area contributed by atoms with E-state index >= 15 is 0 Å². The highest BCUT2D eigenvalue weighted by atomic mass is 35.5. The molecule has 1 heterocycles. The Morgan fingerprint density at radius 2 is 2.00 bits per heavy atom. The third-order valence-electron chi connectivity index (χ3n) is 4.70.